The molecule has 1 saturated carbocycles. The zero-order valence-electron chi connectivity index (χ0n) is 15.6. The number of rotatable bonds is 4. The Kier molecular flexibility index (Phi) is 3.97. The van der Waals surface area contributed by atoms with Gasteiger partial charge in [0.1, 0.15) is 30.4 Å². The fourth-order valence-corrected chi connectivity index (χ4v) is 5.15. The predicted octanol–water partition coefficient (Wildman–Crippen LogP) is 2.20. The molecule has 1 aromatic carbocycles. The van der Waals surface area contributed by atoms with Crippen molar-refractivity contribution in [3.63, 3.8) is 0 Å². The molecule has 2 N–H and O–H groups in total. The average Bonchev–Trinajstić information content (AvgIpc) is 3.17. The number of nitrogens with zero attached hydrogens (tertiary/aromatic N) is 2. The van der Waals surface area contributed by atoms with Crippen LogP contribution in [0, 0.1) is 12.8 Å². The summed E-state index contributed by atoms with van der Waals surface area (Å²) in [6.07, 6.45) is 4.84. The smallest absolute Gasteiger partial charge is 0.411 e. The van der Waals surface area contributed by atoms with Crippen LogP contribution in [0.1, 0.15) is 42.3 Å². The van der Waals surface area contributed by atoms with Crippen molar-refractivity contribution in [2.45, 2.75) is 50.3 Å². The van der Waals surface area contributed by atoms with E-state index in [0.717, 1.165) is 37.2 Å². The molecule has 2 aromatic rings. The highest BCUT2D eigenvalue weighted by molar-refractivity contribution is 5.72. The summed E-state index contributed by atoms with van der Waals surface area (Å²) in [6, 6.07) is 10.2. The number of aryl methyl sites for hydroxylation is 1. The Labute approximate surface area is 158 Å². The van der Waals surface area contributed by atoms with Crippen molar-refractivity contribution in [3.05, 3.63) is 53.7 Å². The van der Waals surface area contributed by atoms with E-state index in [-0.39, 0.29) is 23.7 Å². The lowest BCUT2D eigenvalue weighted by molar-refractivity contribution is -0.680. The topological polar surface area (TPSA) is 72.2 Å². The fraction of sp³-hybridized carbons (Fsp3) is 0.524. The fourth-order valence-electron chi connectivity index (χ4n) is 5.15. The molecule has 1 amide bonds. The van der Waals surface area contributed by atoms with Gasteiger partial charge < -0.3 is 14.5 Å². The molecule has 3 atom stereocenters. The average molecular weight is 368 g/mol. The number of carbonyl (C=O) groups excluding carboxylic acids is 1. The maximum atomic E-state index is 13.0. The number of ether oxygens (including phenoxy) is 1. The molecule has 2 aliphatic heterocycles. The number of carbonyl (C=O) groups is 1. The number of piperidine rings is 1. The van der Waals surface area contributed by atoms with Gasteiger partial charge in [-0.2, -0.15) is 0 Å². The second-order valence-corrected chi connectivity index (χ2v) is 8.16. The summed E-state index contributed by atoms with van der Waals surface area (Å²) in [6.45, 7) is 4.25. The maximum Gasteiger partial charge on any atom is 0.411 e. The van der Waals surface area contributed by atoms with Crippen molar-refractivity contribution in [1.82, 2.24) is 9.88 Å². The van der Waals surface area contributed by atoms with Gasteiger partial charge in [0, 0.05) is 0 Å². The Morgan fingerprint density at radius 2 is 2.11 bits per heavy atom. The minimum Gasteiger partial charge on any atom is -0.448 e. The molecule has 6 heteroatoms. The van der Waals surface area contributed by atoms with Crippen molar-refractivity contribution in [2.75, 3.05) is 13.1 Å². The van der Waals surface area contributed by atoms with Crippen LogP contribution in [0.4, 0.5) is 4.79 Å². The van der Waals surface area contributed by atoms with Crippen LogP contribution >= 0.6 is 0 Å². The minimum atomic E-state index is -0.281. The number of hydrogen-bond acceptors (Lipinski definition) is 4. The van der Waals surface area contributed by atoms with Crippen molar-refractivity contribution < 1.29 is 19.3 Å². The van der Waals surface area contributed by atoms with E-state index in [2.05, 4.69) is 22.4 Å². The van der Waals surface area contributed by atoms with Gasteiger partial charge in [0.05, 0.1) is 18.8 Å². The number of nitrogens with two attached hydrogens (primary N) is 1. The van der Waals surface area contributed by atoms with Gasteiger partial charge in [0.15, 0.2) is 0 Å². The standard InChI is InChI=1S/C21H25N3O3/c1-14-12-26-19(23-14)17-10-22-13-21(16-8-5-9-16)18(17)27-20(25)24(21)11-15-6-3-2-4-7-15/h2-4,6-7,12,16-18,22H,5,8-11,13H2,1H3/p+1. The molecule has 6 nitrogen and oxygen atoms in total. The van der Waals surface area contributed by atoms with E-state index >= 15 is 0 Å². The van der Waals surface area contributed by atoms with Crippen LogP contribution in [-0.4, -0.2) is 40.7 Å². The Morgan fingerprint density at radius 3 is 2.78 bits per heavy atom. The first-order valence-electron chi connectivity index (χ1n) is 9.94. The minimum absolute atomic E-state index is 0.00206. The zero-order valence-corrected chi connectivity index (χ0v) is 15.6. The largest absolute Gasteiger partial charge is 0.448 e. The van der Waals surface area contributed by atoms with Gasteiger partial charge in [-0.05, 0) is 31.2 Å². The first-order valence-corrected chi connectivity index (χ1v) is 9.94. The summed E-state index contributed by atoms with van der Waals surface area (Å²) in [7, 11) is 0. The van der Waals surface area contributed by atoms with Crippen molar-refractivity contribution >= 4 is 6.09 Å². The summed E-state index contributed by atoms with van der Waals surface area (Å²) in [4.78, 5) is 19.6. The van der Waals surface area contributed by atoms with Crippen LogP contribution in [0.5, 0.6) is 0 Å². The van der Waals surface area contributed by atoms with Gasteiger partial charge in [-0.15, -0.1) is 0 Å². The molecule has 0 spiro atoms. The van der Waals surface area contributed by atoms with Crippen LogP contribution < -0.4 is 5.32 Å². The molecule has 3 heterocycles. The maximum absolute atomic E-state index is 13.0. The van der Waals surface area contributed by atoms with Gasteiger partial charge >= 0.3 is 6.09 Å². The first kappa shape index (κ1) is 16.8. The molecule has 1 aliphatic carbocycles. The lowest BCUT2D eigenvalue weighted by Gasteiger charge is -2.50. The second-order valence-electron chi connectivity index (χ2n) is 8.16. The van der Waals surface area contributed by atoms with Crippen LogP contribution in [0.2, 0.25) is 0 Å². The summed E-state index contributed by atoms with van der Waals surface area (Å²) in [5.74, 6) is 1.18. The van der Waals surface area contributed by atoms with E-state index in [1.165, 1.54) is 6.42 Å². The number of hydrogen-bond donors (Lipinski definition) is 1. The Morgan fingerprint density at radius 1 is 1.30 bits per heavy atom. The van der Waals surface area contributed by atoms with Gasteiger partial charge in [-0.1, -0.05) is 36.8 Å². The zero-order chi connectivity index (χ0) is 18.4. The molecule has 3 fully saturated rings. The summed E-state index contributed by atoms with van der Waals surface area (Å²) in [5.41, 5.74) is 1.73. The third kappa shape index (κ3) is 2.57. The molecule has 27 heavy (non-hydrogen) atoms. The number of oxazole rings is 1. The molecule has 142 valence electrons. The molecular weight excluding hydrogens is 342 g/mol. The van der Waals surface area contributed by atoms with Crippen molar-refractivity contribution in [3.8, 4) is 0 Å². The van der Waals surface area contributed by atoms with Gasteiger partial charge in [-0.3, -0.25) is 4.90 Å². The van der Waals surface area contributed by atoms with Crippen LogP contribution in [0.15, 0.2) is 41.0 Å². The summed E-state index contributed by atoms with van der Waals surface area (Å²) >= 11 is 0. The van der Waals surface area contributed by atoms with E-state index in [0.29, 0.717) is 18.4 Å². The van der Waals surface area contributed by atoms with Crippen LogP contribution in [0.3, 0.4) is 0 Å². The number of fused-ring (bicyclic) bond motifs is 1. The van der Waals surface area contributed by atoms with E-state index in [9.17, 15) is 4.79 Å². The molecule has 2 saturated heterocycles. The molecule has 3 unspecified atom stereocenters. The number of amides is 1. The third-order valence-corrected chi connectivity index (χ3v) is 6.65. The highest BCUT2D eigenvalue weighted by Crippen LogP contribution is 2.50. The van der Waals surface area contributed by atoms with Gasteiger partial charge in [0.2, 0.25) is 5.89 Å². The monoisotopic (exact) mass is 368 g/mol. The molecule has 1 aromatic heterocycles. The van der Waals surface area contributed by atoms with Crippen LogP contribution in [0.25, 0.3) is 0 Å². The van der Waals surface area contributed by atoms with Crippen LogP contribution in [-0.2, 0) is 11.3 Å². The van der Waals surface area contributed by atoms with Gasteiger partial charge in [0.25, 0.3) is 0 Å². The highest BCUT2D eigenvalue weighted by Gasteiger charge is 2.66. The van der Waals surface area contributed by atoms with E-state index in [4.69, 9.17) is 9.15 Å². The number of quaternary nitrogens is 1. The predicted molar refractivity (Wildman–Crippen MR) is 98.0 cm³/mol. The first-order chi connectivity index (χ1) is 13.2. The Bertz CT molecular complexity index is 832. The second kappa shape index (κ2) is 6.37. The summed E-state index contributed by atoms with van der Waals surface area (Å²) < 4.78 is 11.8. The molecule has 0 radical (unpaired) electrons. The van der Waals surface area contributed by atoms with Gasteiger partial charge in [-0.25, -0.2) is 9.78 Å². The Balaban J connectivity index is 1.53. The molecular formula is C21H26N3O3+. The molecule has 5 rings (SSSR count). The highest BCUT2D eigenvalue weighted by atomic mass is 16.6. The Hall–Kier alpha value is -2.34. The normalized spacial score (nSPS) is 30.7. The number of benzene rings is 1. The van der Waals surface area contributed by atoms with E-state index in [1.54, 1.807) is 6.26 Å². The van der Waals surface area contributed by atoms with E-state index in [1.807, 2.05) is 30.0 Å². The lowest BCUT2D eigenvalue weighted by atomic mass is 9.63. The summed E-state index contributed by atoms with van der Waals surface area (Å²) in [5, 5.41) is 2.32. The quantitative estimate of drug-likeness (QED) is 0.898. The number of aromatic nitrogens is 1. The van der Waals surface area contributed by atoms with E-state index < -0.39 is 0 Å². The SMILES string of the molecule is Cc1coc(C2C[NH2+]CC3(C4CCC4)C2OC(=O)N3Cc2ccccc2)n1. The third-order valence-electron chi connectivity index (χ3n) is 6.65. The van der Waals surface area contributed by atoms with Crippen molar-refractivity contribution in [1.29, 1.82) is 0 Å². The molecule has 0 bridgehead atoms. The lowest BCUT2D eigenvalue weighted by Crippen LogP contribution is -2.95. The van der Waals surface area contributed by atoms with Crippen molar-refractivity contribution in [2.24, 2.45) is 5.92 Å². The molecule has 3 aliphatic rings.